The van der Waals surface area contributed by atoms with Crippen molar-refractivity contribution >= 4 is 0 Å². The number of nitrogens with zero attached hydrogens (tertiary/aromatic N) is 2. The Balaban J connectivity index is 2.27. The van der Waals surface area contributed by atoms with Crippen LogP contribution in [0.2, 0.25) is 0 Å². The number of nitrogens with one attached hydrogen (secondary N) is 1. The molecule has 0 saturated carbocycles. The number of hydrogen-bond donors (Lipinski definition) is 2. The maximum absolute atomic E-state index is 10.0. The van der Waals surface area contributed by atoms with E-state index in [1.165, 1.54) is 6.42 Å². The fourth-order valence-corrected chi connectivity index (χ4v) is 2.01. The summed E-state index contributed by atoms with van der Waals surface area (Å²) in [5.41, 5.74) is -0.575. The van der Waals surface area contributed by atoms with Gasteiger partial charge in [0, 0.05) is 26.2 Å². The van der Waals surface area contributed by atoms with Crippen LogP contribution in [0.3, 0.4) is 0 Å². The molecule has 1 aliphatic heterocycles. The van der Waals surface area contributed by atoms with Gasteiger partial charge in [0.05, 0.1) is 5.60 Å². The lowest BCUT2D eigenvalue weighted by atomic mass is 10.1. The van der Waals surface area contributed by atoms with Crippen LogP contribution in [0.1, 0.15) is 13.3 Å². The Hall–Kier alpha value is -0.160. The van der Waals surface area contributed by atoms with Gasteiger partial charge in [-0.25, -0.2) is 0 Å². The van der Waals surface area contributed by atoms with E-state index in [-0.39, 0.29) is 0 Å². The van der Waals surface area contributed by atoms with Crippen molar-refractivity contribution in [1.82, 2.24) is 15.1 Å². The molecule has 4 heteroatoms. The van der Waals surface area contributed by atoms with E-state index in [0.717, 1.165) is 32.7 Å². The predicted octanol–water partition coefficient (Wildman–Crippen LogP) is -0.406. The Bertz CT molecular complexity index is 183. The minimum Gasteiger partial charge on any atom is -0.388 e. The van der Waals surface area contributed by atoms with Crippen molar-refractivity contribution in [3.63, 3.8) is 0 Å². The Kier molecular flexibility index (Phi) is 4.99. The van der Waals surface area contributed by atoms with Gasteiger partial charge in [-0.15, -0.1) is 0 Å². The van der Waals surface area contributed by atoms with Crippen LogP contribution in [0.4, 0.5) is 0 Å². The normalized spacial score (nSPS) is 29.4. The van der Waals surface area contributed by atoms with Crippen LogP contribution in [-0.4, -0.2) is 73.9 Å². The van der Waals surface area contributed by atoms with Crippen molar-refractivity contribution in [2.24, 2.45) is 0 Å². The first-order valence-electron chi connectivity index (χ1n) is 5.80. The van der Waals surface area contributed by atoms with E-state index in [9.17, 15) is 5.11 Å². The average Bonchev–Trinajstić information content (AvgIpc) is 2.26. The fraction of sp³-hybridized carbons (Fsp3) is 1.00. The quantitative estimate of drug-likeness (QED) is 0.669. The molecule has 0 aliphatic carbocycles. The minimum atomic E-state index is -0.575. The summed E-state index contributed by atoms with van der Waals surface area (Å²) in [6.07, 6.45) is 1.17. The molecule has 0 bridgehead atoms. The molecule has 0 aromatic rings. The average molecular weight is 215 g/mol. The molecule has 1 fully saturated rings. The van der Waals surface area contributed by atoms with Crippen LogP contribution in [0.5, 0.6) is 0 Å². The molecule has 1 rings (SSSR count). The van der Waals surface area contributed by atoms with E-state index in [1.54, 1.807) is 0 Å². The van der Waals surface area contributed by atoms with Gasteiger partial charge >= 0.3 is 0 Å². The molecule has 1 heterocycles. The van der Waals surface area contributed by atoms with Crippen molar-refractivity contribution in [1.29, 1.82) is 0 Å². The van der Waals surface area contributed by atoms with Crippen LogP contribution in [0.25, 0.3) is 0 Å². The second kappa shape index (κ2) is 5.80. The molecule has 0 amide bonds. The van der Waals surface area contributed by atoms with Gasteiger partial charge in [0.25, 0.3) is 0 Å². The van der Waals surface area contributed by atoms with Crippen LogP contribution >= 0.6 is 0 Å². The summed E-state index contributed by atoms with van der Waals surface area (Å²) in [6, 6.07) is 0. The lowest BCUT2D eigenvalue weighted by Crippen LogP contribution is -2.43. The molecule has 0 aromatic carbocycles. The van der Waals surface area contributed by atoms with E-state index in [0.29, 0.717) is 6.54 Å². The lowest BCUT2D eigenvalue weighted by Gasteiger charge is -2.28. The second-order valence-electron chi connectivity index (χ2n) is 5.11. The molecule has 1 unspecified atom stereocenters. The van der Waals surface area contributed by atoms with Crippen molar-refractivity contribution in [3.8, 4) is 0 Å². The van der Waals surface area contributed by atoms with E-state index in [2.05, 4.69) is 29.2 Å². The SMILES string of the molecule is CN(C)CCCN1CCNCC(C)(O)C1. The lowest BCUT2D eigenvalue weighted by molar-refractivity contribution is 0.0336. The molecule has 1 saturated heterocycles. The summed E-state index contributed by atoms with van der Waals surface area (Å²) in [7, 11) is 4.19. The summed E-state index contributed by atoms with van der Waals surface area (Å²) in [5, 5.41) is 13.3. The van der Waals surface area contributed by atoms with Gasteiger partial charge < -0.3 is 15.3 Å². The van der Waals surface area contributed by atoms with Crippen LogP contribution < -0.4 is 5.32 Å². The molecular weight excluding hydrogens is 190 g/mol. The molecule has 4 nitrogen and oxygen atoms in total. The van der Waals surface area contributed by atoms with Crippen LogP contribution in [-0.2, 0) is 0 Å². The highest BCUT2D eigenvalue weighted by Gasteiger charge is 2.25. The largest absolute Gasteiger partial charge is 0.388 e. The standard InChI is InChI=1S/C11H25N3O/c1-11(15)9-12-5-8-14(10-11)7-4-6-13(2)3/h12,15H,4-10H2,1-3H3. The van der Waals surface area contributed by atoms with Crippen molar-refractivity contribution in [3.05, 3.63) is 0 Å². The van der Waals surface area contributed by atoms with E-state index >= 15 is 0 Å². The first kappa shape index (κ1) is 12.9. The first-order valence-corrected chi connectivity index (χ1v) is 5.80. The predicted molar refractivity (Wildman–Crippen MR) is 63.1 cm³/mol. The van der Waals surface area contributed by atoms with Gasteiger partial charge in [-0.05, 0) is 40.5 Å². The Morgan fingerprint density at radius 3 is 2.87 bits per heavy atom. The third-order valence-electron chi connectivity index (χ3n) is 2.75. The number of β-amino-alcohol motifs (C(OH)–C–C–N with tert-alkyl or cyclic N) is 1. The zero-order valence-electron chi connectivity index (χ0n) is 10.3. The monoisotopic (exact) mass is 215 g/mol. The molecule has 15 heavy (non-hydrogen) atoms. The summed E-state index contributed by atoms with van der Waals surface area (Å²) in [5.74, 6) is 0. The highest BCUT2D eigenvalue weighted by Crippen LogP contribution is 2.08. The Morgan fingerprint density at radius 1 is 1.47 bits per heavy atom. The fourth-order valence-electron chi connectivity index (χ4n) is 2.01. The number of aliphatic hydroxyl groups is 1. The van der Waals surface area contributed by atoms with E-state index < -0.39 is 5.60 Å². The Morgan fingerprint density at radius 2 is 2.20 bits per heavy atom. The first-order chi connectivity index (χ1) is 6.99. The van der Waals surface area contributed by atoms with Gasteiger partial charge in [-0.2, -0.15) is 0 Å². The van der Waals surface area contributed by atoms with E-state index in [4.69, 9.17) is 0 Å². The maximum Gasteiger partial charge on any atom is 0.0869 e. The highest BCUT2D eigenvalue weighted by molar-refractivity contribution is 4.83. The molecule has 0 radical (unpaired) electrons. The molecule has 90 valence electrons. The van der Waals surface area contributed by atoms with E-state index in [1.807, 2.05) is 6.92 Å². The number of hydrogen-bond acceptors (Lipinski definition) is 4. The van der Waals surface area contributed by atoms with Crippen molar-refractivity contribution in [2.45, 2.75) is 18.9 Å². The van der Waals surface area contributed by atoms with Gasteiger partial charge in [-0.1, -0.05) is 0 Å². The molecule has 1 atom stereocenters. The molecule has 0 aromatic heterocycles. The van der Waals surface area contributed by atoms with Gasteiger partial charge in [-0.3, -0.25) is 4.90 Å². The van der Waals surface area contributed by atoms with Crippen molar-refractivity contribution < 1.29 is 5.11 Å². The topological polar surface area (TPSA) is 38.7 Å². The van der Waals surface area contributed by atoms with Gasteiger partial charge in [0.2, 0.25) is 0 Å². The van der Waals surface area contributed by atoms with Gasteiger partial charge in [0.1, 0.15) is 0 Å². The third kappa shape index (κ3) is 5.47. The Labute approximate surface area is 93.2 Å². The molecule has 2 N–H and O–H groups in total. The highest BCUT2D eigenvalue weighted by atomic mass is 16.3. The maximum atomic E-state index is 10.0. The van der Waals surface area contributed by atoms with Crippen LogP contribution in [0, 0.1) is 0 Å². The summed E-state index contributed by atoms with van der Waals surface area (Å²) >= 11 is 0. The van der Waals surface area contributed by atoms with Crippen molar-refractivity contribution in [2.75, 3.05) is 53.4 Å². The second-order valence-corrected chi connectivity index (χ2v) is 5.11. The minimum absolute atomic E-state index is 0.575. The zero-order chi connectivity index (χ0) is 11.3. The number of rotatable bonds is 4. The third-order valence-corrected chi connectivity index (χ3v) is 2.75. The molecular formula is C11H25N3O. The molecule has 0 spiro atoms. The van der Waals surface area contributed by atoms with Gasteiger partial charge in [0.15, 0.2) is 0 Å². The summed E-state index contributed by atoms with van der Waals surface area (Å²) < 4.78 is 0. The summed E-state index contributed by atoms with van der Waals surface area (Å²) in [6.45, 7) is 7.62. The smallest absolute Gasteiger partial charge is 0.0869 e. The van der Waals surface area contributed by atoms with Crippen LogP contribution in [0.15, 0.2) is 0 Å². The zero-order valence-corrected chi connectivity index (χ0v) is 10.3. The summed E-state index contributed by atoms with van der Waals surface area (Å²) in [4.78, 5) is 4.55. The molecule has 1 aliphatic rings.